The molecular formula is C19H22N2O3. The van der Waals surface area contributed by atoms with Gasteiger partial charge in [0.05, 0.1) is 19.8 Å². The van der Waals surface area contributed by atoms with Crippen molar-refractivity contribution in [3.63, 3.8) is 0 Å². The van der Waals surface area contributed by atoms with Crippen LogP contribution in [0, 0.1) is 6.92 Å². The van der Waals surface area contributed by atoms with Gasteiger partial charge in [-0.05, 0) is 42.8 Å². The van der Waals surface area contributed by atoms with Gasteiger partial charge in [-0.3, -0.25) is 0 Å². The topological polar surface area (TPSA) is 69.7 Å². The van der Waals surface area contributed by atoms with Crippen LogP contribution in [0.15, 0.2) is 52.9 Å². The lowest BCUT2D eigenvalue weighted by Gasteiger charge is -2.15. The van der Waals surface area contributed by atoms with Crippen LogP contribution in [0.2, 0.25) is 0 Å². The fraction of sp³-hybridized carbons (Fsp3) is 0.263. The summed E-state index contributed by atoms with van der Waals surface area (Å²) in [6.07, 6.45) is 0. The van der Waals surface area contributed by atoms with Gasteiger partial charge < -0.3 is 19.3 Å². The maximum atomic E-state index is 5.94. The van der Waals surface area contributed by atoms with Crippen molar-refractivity contribution >= 4 is 11.0 Å². The van der Waals surface area contributed by atoms with Gasteiger partial charge in [0.25, 0.3) is 0 Å². The quantitative estimate of drug-likeness (QED) is 0.651. The first-order chi connectivity index (χ1) is 11.7. The fourth-order valence-corrected chi connectivity index (χ4v) is 2.68. The molecule has 5 heteroatoms. The largest absolute Gasteiger partial charge is 0.497 e. The van der Waals surface area contributed by atoms with Crippen LogP contribution in [0.5, 0.6) is 5.75 Å². The maximum Gasteiger partial charge on any atom is 0.134 e. The molecule has 3 N–H and O–H groups in total. The molecule has 24 heavy (non-hydrogen) atoms. The van der Waals surface area contributed by atoms with Gasteiger partial charge in [0.2, 0.25) is 0 Å². The predicted octanol–water partition coefficient (Wildman–Crippen LogP) is 3.47. The molecule has 0 saturated carbocycles. The van der Waals surface area contributed by atoms with Gasteiger partial charge in [0.1, 0.15) is 17.1 Å². The highest BCUT2D eigenvalue weighted by atomic mass is 16.6. The third-order valence-electron chi connectivity index (χ3n) is 4.01. The molecule has 0 aliphatic heterocycles. The molecular weight excluding hydrogens is 304 g/mol. The van der Waals surface area contributed by atoms with Gasteiger partial charge in [-0.1, -0.05) is 23.8 Å². The molecule has 0 spiro atoms. The highest BCUT2D eigenvalue weighted by Gasteiger charge is 2.16. The second-order valence-electron chi connectivity index (χ2n) is 5.80. The minimum Gasteiger partial charge on any atom is -0.497 e. The van der Waals surface area contributed by atoms with Gasteiger partial charge >= 0.3 is 0 Å². The third kappa shape index (κ3) is 3.76. The number of methoxy groups -OCH3 is 1. The first-order valence-electron chi connectivity index (χ1n) is 7.87. The van der Waals surface area contributed by atoms with Gasteiger partial charge in [-0.25, -0.2) is 5.90 Å². The first kappa shape index (κ1) is 16.5. The number of aryl methyl sites for hydroxylation is 1. The van der Waals surface area contributed by atoms with E-state index in [9.17, 15) is 0 Å². The SMILES string of the molecule is COc1ccc(CN[C@H](CON)c2cc3cc(C)ccc3o2)cc1. The lowest BCUT2D eigenvalue weighted by molar-refractivity contribution is 0.107. The molecule has 0 radical (unpaired) electrons. The Hall–Kier alpha value is -2.34. The van der Waals surface area contributed by atoms with Crippen molar-refractivity contribution in [1.82, 2.24) is 5.32 Å². The van der Waals surface area contributed by atoms with E-state index in [1.807, 2.05) is 42.5 Å². The summed E-state index contributed by atoms with van der Waals surface area (Å²) in [4.78, 5) is 4.86. The molecule has 0 bridgehead atoms. The Morgan fingerprint density at radius 2 is 1.92 bits per heavy atom. The molecule has 0 unspecified atom stereocenters. The molecule has 2 aromatic carbocycles. The normalized spacial score (nSPS) is 12.5. The van der Waals surface area contributed by atoms with E-state index in [0.29, 0.717) is 13.2 Å². The van der Waals surface area contributed by atoms with E-state index >= 15 is 0 Å². The van der Waals surface area contributed by atoms with Crippen molar-refractivity contribution < 1.29 is 14.0 Å². The number of nitrogens with one attached hydrogen (secondary N) is 1. The maximum absolute atomic E-state index is 5.94. The van der Waals surface area contributed by atoms with Crippen molar-refractivity contribution in [2.24, 2.45) is 5.90 Å². The van der Waals surface area contributed by atoms with E-state index < -0.39 is 0 Å². The molecule has 1 atom stereocenters. The van der Waals surface area contributed by atoms with Crippen molar-refractivity contribution in [3.8, 4) is 5.75 Å². The monoisotopic (exact) mass is 326 g/mol. The number of hydrogen-bond acceptors (Lipinski definition) is 5. The number of nitrogens with two attached hydrogens (primary N) is 1. The van der Waals surface area contributed by atoms with Gasteiger partial charge in [0.15, 0.2) is 0 Å². The Bertz CT molecular complexity index is 796. The molecule has 1 aromatic heterocycles. The summed E-state index contributed by atoms with van der Waals surface area (Å²) in [5, 5.41) is 4.51. The van der Waals surface area contributed by atoms with E-state index in [1.165, 1.54) is 5.56 Å². The summed E-state index contributed by atoms with van der Waals surface area (Å²) in [5.41, 5.74) is 3.21. The molecule has 0 aliphatic rings. The van der Waals surface area contributed by atoms with Crippen molar-refractivity contribution in [1.29, 1.82) is 0 Å². The zero-order valence-corrected chi connectivity index (χ0v) is 13.9. The standard InChI is InChI=1S/C19H22N2O3/c1-13-3-8-18-15(9-13)10-19(24-18)17(12-23-20)21-11-14-4-6-16(22-2)7-5-14/h3-10,17,21H,11-12,20H2,1-2H3/t17-/m1/s1. The smallest absolute Gasteiger partial charge is 0.134 e. The Labute approximate surface area is 141 Å². The van der Waals surface area contributed by atoms with Crippen LogP contribution >= 0.6 is 0 Å². The summed E-state index contributed by atoms with van der Waals surface area (Å²) in [6.45, 7) is 3.07. The van der Waals surface area contributed by atoms with Gasteiger partial charge in [-0.2, -0.15) is 0 Å². The highest BCUT2D eigenvalue weighted by molar-refractivity contribution is 5.78. The molecule has 0 aliphatic carbocycles. The van der Waals surface area contributed by atoms with Gasteiger partial charge in [-0.15, -0.1) is 0 Å². The average molecular weight is 326 g/mol. The first-order valence-corrected chi connectivity index (χ1v) is 7.87. The van der Waals surface area contributed by atoms with E-state index in [-0.39, 0.29) is 6.04 Å². The van der Waals surface area contributed by atoms with Gasteiger partial charge in [0, 0.05) is 11.9 Å². The summed E-state index contributed by atoms with van der Waals surface area (Å²) in [7, 11) is 1.66. The fourth-order valence-electron chi connectivity index (χ4n) is 2.68. The molecule has 3 aromatic rings. The Morgan fingerprint density at radius 3 is 2.62 bits per heavy atom. The molecule has 126 valence electrons. The summed E-state index contributed by atoms with van der Waals surface area (Å²) in [5.74, 6) is 6.95. The van der Waals surface area contributed by atoms with Crippen LogP contribution in [0.3, 0.4) is 0 Å². The Balaban J connectivity index is 1.75. The molecule has 3 rings (SSSR count). The highest BCUT2D eigenvalue weighted by Crippen LogP contribution is 2.25. The molecule has 0 saturated heterocycles. The number of furan rings is 1. The Kier molecular flexibility index (Phi) is 5.15. The minimum atomic E-state index is -0.121. The zero-order valence-electron chi connectivity index (χ0n) is 13.9. The van der Waals surface area contributed by atoms with E-state index in [4.69, 9.17) is 19.9 Å². The van der Waals surface area contributed by atoms with E-state index in [2.05, 4.69) is 18.3 Å². The third-order valence-corrected chi connectivity index (χ3v) is 4.01. The average Bonchev–Trinajstić information content (AvgIpc) is 3.02. The molecule has 5 nitrogen and oxygen atoms in total. The zero-order chi connectivity index (χ0) is 16.9. The molecule has 1 heterocycles. The Morgan fingerprint density at radius 1 is 1.12 bits per heavy atom. The second-order valence-corrected chi connectivity index (χ2v) is 5.80. The van der Waals surface area contributed by atoms with Crippen molar-refractivity contribution in [2.45, 2.75) is 19.5 Å². The number of benzene rings is 2. The summed E-state index contributed by atoms with van der Waals surface area (Å²) < 4.78 is 11.1. The van der Waals surface area contributed by atoms with Crippen LogP contribution < -0.4 is 16.0 Å². The van der Waals surface area contributed by atoms with Crippen LogP contribution in [-0.2, 0) is 11.4 Å². The van der Waals surface area contributed by atoms with E-state index in [0.717, 1.165) is 28.0 Å². The number of ether oxygens (including phenoxy) is 1. The molecule has 0 amide bonds. The molecule has 0 fully saturated rings. The summed E-state index contributed by atoms with van der Waals surface area (Å²) in [6, 6.07) is 16.0. The van der Waals surface area contributed by atoms with Crippen LogP contribution in [-0.4, -0.2) is 13.7 Å². The van der Waals surface area contributed by atoms with Crippen LogP contribution in [0.25, 0.3) is 11.0 Å². The minimum absolute atomic E-state index is 0.121. The van der Waals surface area contributed by atoms with Crippen molar-refractivity contribution in [2.75, 3.05) is 13.7 Å². The predicted molar refractivity (Wildman–Crippen MR) is 93.7 cm³/mol. The lowest BCUT2D eigenvalue weighted by Crippen LogP contribution is -2.26. The number of rotatable bonds is 7. The second kappa shape index (κ2) is 7.49. The number of fused-ring (bicyclic) bond motifs is 1. The van der Waals surface area contributed by atoms with Crippen LogP contribution in [0.4, 0.5) is 0 Å². The van der Waals surface area contributed by atoms with Crippen LogP contribution in [0.1, 0.15) is 22.9 Å². The van der Waals surface area contributed by atoms with Crippen molar-refractivity contribution in [3.05, 3.63) is 65.4 Å². The summed E-state index contributed by atoms with van der Waals surface area (Å²) >= 11 is 0. The lowest BCUT2D eigenvalue weighted by atomic mass is 10.1. The van der Waals surface area contributed by atoms with E-state index in [1.54, 1.807) is 7.11 Å². The number of hydrogen-bond donors (Lipinski definition) is 2.